The molecular weight excluding hydrogens is 529 g/mol. The number of nitrogens with zero attached hydrogens (tertiary/aromatic N) is 1. The summed E-state index contributed by atoms with van der Waals surface area (Å²) in [7, 11) is 0. The molecule has 42 heavy (non-hydrogen) atoms. The minimum Gasteiger partial charge on any atom is -0.444 e. The van der Waals surface area contributed by atoms with Crippen molar-refractivity contribution in [2.45, 2.75) is 65.0 Å². The SMILES string of the molecule is Cc1[nH]c2ccccc2c1CCN(C(=O)OC(C)(C)C)C1CCc2cc(/C=C/C(=O)Cc3ccc(F)cc3N)ccc21. The Morgan fingerprint density at radius 3 is 2.67 bits per heavy atom. The highest BCUT2D eigenvalue weighted by molar-refractivity contribution is 5.95. The van der Waals surface area contributed by atoms with Crippen LogP contribution < -0.4 is 5.73 Å². The first-order chi connectivity index (χ1) is 20.0. The number of nitrogens with two attached hydrogens (primary N) is 1. The molecule has 4 aromatic rings. The number of aromatic amines is 1. The van der Waals surface area contributed by atoms with E-state index in [1.807, 2.05) is 43.9 Å². The monoisotopic (exact) mass is 567 g/mol. The first kappa shape index (κ1) is 29.1. The lowest BCUT2D eigenvalue weighted by molar-refractivity contribution is -0.113. The zero-order chi connectivity index (χ0) is 30.0. The number of aryl methyl sites for hydroxylation is 2. The van der Waals surface area contributed by atoms with E-state index in [2.05, 4.69) is 36.2 Å². The molecule has 0 bridgehead atoms. The van der Waals surface area contributed by atoms with Crippen molar-refractivity contribution in [3.05, 3.63) is 106 Å². The standard InChI is InChI=1S/C35H38FN3O3/c1-22-28(30-7-5-6-8-32(30)38-22)17-18-39(34(41)42-35(2,3)4)33-16-12-24-19-23(10-15-29(24)33)9-14-27(40)20-25-11-13-26(36)21-31(25)37/h5-11,13-15,19,21,33,38H,12,16-18,20,37H2,1-4H3/b14-9+. The van der Waals surface area contributed by atoms with Crippen molar-refractivity contribution >= 4 is 34.5 Å². The number of benzene rings is 3. The van der Waals surface area contributed by atoms with Gasteiger partial charge in [0, 0.05) is 35.2 Å². The van der Waals surface area contributed by atoms with Crippen molar-refractivity contribution in [3.63, 3.8) is 0 Å². The van der Waals surface area contributed by atoms with Crippen LogP contribution in [0.2, 0.25) is 0 Å². The molecule has 7 heteroatoms. The quantitative estimate of drug-likeness (QED) is 0.171. The van der Waals surface area contributed by atoms with Gasteiger partial charge in [-0.2, -0.15) is 0 Å². The molecular formula is C35H38FN3O3. The number of carbonyl (C=O) groups is 2. The van der Waals surface area contributed by atoms with E-state index in [0.717, 1.165) is 40.7 Å². The first-order valence-corrected chi connectivity index (χ1v) is 14.4. The fraction of sp³-hybridized carbons (Fsp3) is 0.314. The number of fused-ring (bicyclic) bond motifs is 2. The number of ether oxygens (including phenoxy) is 1. The third-order valence-corrected chi connectivity index (χ3v) is 7.78. The van der Waals surface area contributed by atoms with Gasteiger partial charge in [-0.25, -0.2) is 9.18 Å². The van der Waals surface area contributed by atoms with Crippen molar-refractivity contribution in [1.29, 1.82) is 0 Å². The number of anilines is 1. The summed E-state index contributed by atoms with van der Waals surface area (Å²) in [5.74, 6) is -0.538. The minimum atomic E-state index is -0.604. The second-order valence-electron chi connectivity index (χ2n) is 12.0. The minimum absolute atomic E-state index is 0.0959. The van der Waals surface area contributed by atoms with Crippen LogP contribution in [0.15, 0.2) is 66.7 Å². The van der Waals surface area contributed by atoms with Crippen LogP contribution >= 0.6 is 0 Å². The molecule has 1 amide bonds. The summed E-state index contributed by atoms with van der Waals surface area (Å²) in [6.07, 6.45) is 5.46. The van der Waals surface area contributed by atoms with Crippen LogP contribution in [0.5, 0.6) is 0 Å². The van der Waals surface area contributed by atoms with Gasteiger partial charge in [0.15, 0.2) is 5.78 Å². The summed E-state index contributed by atoms with van der Waals surface area (Å²) in [5.41, 5.74) is 12.7. The fourth-order valence-electron chi connectivity index (χ4n) is 5.79. The Morgan fingerprint density at radius 2 is 1.90 bits per heavy atom. The molecule has 0 fully saturated rings. The molecule has 1 aliphatic carbocycles. The second-order valence-corrected chi connectivity index (χ2v) is 12.0. The second kappa shape index (κ2) is 11.8. The molecule has 6 nitrogen and oxygen atoms in total. The predicted octanol–water partition coefficient (Wildman–Crippen LogP) is 7.49. The predicted molar refractivity (Wildman–Crippen MR) is 166 cm³/mol. The van der Waals surface area contributed by atoms with Crippen molar-refractivity contribution < 1.29 is 18.7 Å². The molecule has 5 rings (SSSR count). The Bertz CT molecular complexity index is 1660. The van der Waals surface area contributed by atoms with Gasteiger partial charge in [-0.15, -0.1) is 0 Å². The smallest absolute Gasteiger partial charge is 0.410 e. The Balaban J connectivity index is 1.33. The van der Waals surface area contributed by atoms with E-state index >= 15 is 0 Å². The Kier molecular flexibility index (Phi) is 8.21. The molecule has 1 atom stereocenters. The van der Waals surface area contributed by atoms with Crippen molar-refractivity contribution in [2.75, 3.05) is 12.3 Å². The van der Waals surface area contributed by atoms with Crippen LogP contribution in [-0.4, -0.2) is 33.9 Å². The summed E-state index contributed by atoms with van der Waals surface area (Å²) in [4.78, 5) is 31.4. The van der Waals surface area contributed by atoms with Crippen LogP contribution in [0.4, 0.5) is 14.9 Å². The van der Waals surface area contributed by atoms with E-state index in [1.54, 1.807) is 12.1 Å². The van der Waals surface area contributed by atoms with Crippen molar-refractivity contribution in [2.24, 2.45) is 0 Å². The van der Waals surface area contributed by atoms with Gasteiger partial charge in [0.2, 0.25) is 0 Å². The zero-order valence-electron chi connectivity index (χ0n) is 24.7. The third kappa shape index (κ3) is 6.56. The average molecular weight is 568 g/mol. The molecule has 3 N–H and O–H groups in total. The first-order valence-electron chi connectivity index (χ1n) is 14.4. The average Bonchev–Trinajstić information content (AvgIpc) is 3.48. The van der Waals surface area contributed by atoms with Gasteiger partial charge in [0.1, 0.15) is 11.4 Å². The van der Waals surface area contributed by atoms with Gasteiger partial charge in [0.25, 0.3) is 0 Å². The highest BCUT2D eigenvalue weighted by Crippen LogP contribution is 2.38. The summed E-state index contributed by atoms with van der Waals surface area (Å²) in [6, 6.07) is 18.3. The molecule has 1 heterocycles. The van der Waals surface area contributed by atoms with E-state index in [-0.39, 0.29) is 30.0 Å². The van der Waals surface area contributed by atoms with Crippen molar-refractivity contribution in [1.82, 2.24) is 9.88 Å². The maximum Gasteiger partial charge on any atom is 0.410 e. The van der Waals surface area contributed by atoms with Crippen LogP contribution in [0.3, 0.4) is 0 Å². The molecule has 0 radical (unpaired) electrons. The number of hydrogen-bond acceptors (Lipinski definition) is 4. The van der Waals surface area contributed by atoms with Crippen LogP contribution in [-0.2, 0) is 28.8 Å². The summed E-state index contributed by atoms with van der Waals surface area (Å²) < 4.78 is 19.2. The number of rotatable bonds is 8. The molecule has 1 unspecified atom stereocenters. The number of aromatic nitrogens is 1. The highest BCUT2D eigenvalue weighted by atomic mass is 19.1. The van der Waals surface area contributed by atoms with E-state index in [0.29, 0.717) is 18.5 Å². The van der Waals surface area contributed by atoms with Gasteiger partial charge in [-0.1, -0.05) is 48.5 Å². The van der Waals surface area contributed by atoms with E-state index in [1.165, 1.54) is 29.2 Å². The van der Waals surface area contributed by atoms with E-state index in [9.17, 15) is 14.0 Å². The largest absolute Gasteiger partial charge is 0.444 e. The topological polar surface area (TPSA) is 88.4 Å². The molecule has 0 aliphatic heterocycles. The maximum atomic E-state index is 13.5. The molecule has 1 aromatic heterocycles. The molecule has 0 spiro atoms. The number of allylic oxidation sites excluding steroid dienone is 1. The van der Waals surface area contributed by atoms with E-state index < -0.39 is 11.4 Å². The Labute approximate surface area is 246 Å². The van der Waals surface area contributed by atoms with Gasteiger partial charge in [-0.3, -0.25) is 4.79 Å². The lowest BCUT2D eigenvalue weighted by atomic mass is 10.0. The van der Waals surface area contributed by atoms with Crippen molar-refractivity contribution in [3.8, 4) is 0 Å². The number of para-hydroxylation sites is 1. The maximum absolute atomic E-state index is 13.5. The Hall–Kier alpha value is -4.39. The van der Waals surface area contributed by atoms with Gasteiger partial charge in [-0.05, 0) is 99.0 Å². The Morgan fingerprint density at radius 1 is 1.12 bits per heavy atom. The van der Waals surface area contributed by atoms with Gasteiger partial charge < -0.3 is 20.4 Å². The molecule has 218 valence electrons. The number of ketones is 1. The molecule has 1 aliphatic rings. The fourth-order valence-corrected chi connectivity index (χ4v) is 5.79. The molecule has 3 aromatic carbocycles. The zero-order valence-corrected chi connectivity index (χ0v) is 24.7. The third-order valence-electron chi connectivity index (χ3n) is 7.78. The summed E-state index contributed by atoms with van der Waals surface area (Å²) in [5, 5.41) is 1.18. The van der Waals surface area contributed by atoms with Gasteiger partial charge >= 0.3 is 6.09 Å². The summed E-state index contributed by atoms with van der Waals surface area (Å²) in [6.45, 7) is 8.27. The van der Waals surface area contributed by atoms with Crippen LogP contribution in [0.1, 0.15) is 66.7 Å². The number of nitrogen functional groups attached to an aromatic ring is 1. The normalized spacial score (nSPS) is 14.8. The number of carbonyl (C=O) groups excluding carboxylic acids is 2. The number of nitrogens with one attached hydrogen (secondary N) is 1. The van der Waals surface area contributed by atoms with E-state index in [4.69, 9.17) is 10.5 Å². The van der Waals surface area contributed by atoms with Crippen LogP contribution in [0, 0.1) is 12.7 Å². The van der Waals surface area contributed by atoms with Crippen LogP contribution in [0.25, 0.3) is 17.0 Å². The number of amides is 1. The number of halogens is 1. The number of hydrogen-bond donors (Lipinski definition) is 2. The summed E-state index contributed by atoms with van der Waals surface area (Å²) >= 11 is 0. The molecule has 0 saturated carbocycles. The lowest BCUT2D eigenvalue weighted by Gasteiger charge is -2.32. The molecule has 0 saturated heterocycles. The lowest BCUT2D eigenvalue weighted by Crippen LogP contribution is -2.40. The highest BCUT2D eigenvalue weighted by Gasteiger charge is 2.34. The number of H-pyrrole nitrogens is 1. The van der Waals surface area contributed by atoms with Gasteiger partial charge in [0.05, 0.1) is 6.04 Å².